The second-order valence-corrected chi connectivity index (χ2v) is 7.40. The molecule has 1 amide bonds. The van der Waals surface area contributed by atoms with E-state index in [1.165, 1.54) is 17.7 Å². The second-order valence-electron chi connectivity index (χ2n) is 7.40. The molecule has 1 aliphatic heterocycles. The van der Waals surface area contributed by atoms with Gasteiger partial charge in [-0.15, -0.1) is 0 Å². The molecule has 3 rings (SSSR count). The Morgan fingerprint density at radius 3 is 2.45 bits per heavy atom. The summed E-state index contributed by atoms with van der Waals surface area (Å²) in [6.45, 7) is 3.71. The number of benzene rings is 2. The Labute approximate surface area is 168 Å². The first-order valence-electron chi connectivity index (χ1n) is 9.68. The molecule has 1 N–H and O–H groups in total. The van der Waals surface area contributed by atoms with Crippen molar-refractivity contribution in [2.24, 2.45) is 0 Å². The third-order valence-electron chi connectivity index (χ3n) is 5.16. The molecule has 2 unspecified atom stereocenters. The average molecular weight is 406 g/mol. The zero-order chi connectivity index (χ0) is 20.9. The Morgan fingerprint density at radius 2 is 1.83 bits per heavy atom. The van der Waals surface area contributed by atoms with Crippen LogP contribution in [0.4, 0.5) is 13.2 Å². The highest BCUT2D eigenvalue weighted by molar-refractivity contribution is 5.77. The molecule has 156 valence electrons. The summed E-state index contributed by atoms with van der Waals surface area (Å²) < 4.78 is 43.0. The van der Waals surface area contributed by atoms with E-state index in [4.69, 9.17) is 4.74 Å². The predicted octanol–water partition coefficient (Wildman–Crippen LogP) is 4.25. The van der Waals surface area contributed by atoms with Crippen molar-refractivity contribution in [3.8, 4) is 5.75 Å². The Morgan fingerprint density at radius 1 is 1.14 bits per heavy atom. The molecule has 0 spiro atoms. The van der Waals surface area contributed by atoms with Gasteiger partial charge in [-0.25, -0.2) is 0 Å². The number of alkyl halides is 3. The molecule has 2 aromatic rings. The number of ether oxygens (including phenoxy) is 1. The van der Waals surface area contributed by atoms with Crippen molar-refractivity contribution >= 4 is 5.91 Å². The summed E-state index contributed by atoms with van der Waals surface area (Å²) in [4.78, 5) is 14.6. The Balaban J connectivity index is 1.42. The van der Waals surface area contributed by atoms with Gasteiger partial charge in [-0.3, -0.25) is 9.69 Å². The van der Waals surface area contributed by atoms with Gasteiger partial charge < -0.3 is 10.1 Å². The first kappa shape index (κ1) is 21.2. The minimum Gasteiger partial charge on any atom is -0.484 e. The van der Waals surface area contributed by atoms with E-state index in [1.54, 1.807) is 0 Å². The van der Waals surface area contributed by atoms with E-state index in [9.17, 15) is 18.0 Å². The van der Waals surface area contributed by atoms with Crippen molar-refractivity contribution in [2.75, 3.05) is 13.2 Å². The van der Waals surface area contributed by atoms with Crippen LogP contribution < -0.4 is 10.1 Å². The molecule has 0 aromatic heterocycles. The van der Waals surface area contributed by atoms with Crippen LogP contribution >= 0.6 is 0 Å². The molecule has 0 aliphatic carbocycles. The number of halogens is 3. The second kappa shape index (κ2) is 9.31. The Bertz CT molecular complexity index is 794. The maximum atomic E-state index is 12.6. The van der Waals surface area contributed by atoms with Gasteiger partial charge in [0.15, 0.2) is 6.61 Å². The van der Waals surface area contributed by atoms with Crippen molar-refractivity contribution in [1.29, 1.82) is 0 Å². The van der Waals surface area contributed by atoms with Gasteiger partial charge in [0.1, 0.15) is 5.75 Å². The summed E-state index contributed by atoms with van der Waals surface area (Å²) in [5.74, 6) is -0.0298. The lowest BCUT2D eigenvalue weighted by Crippen LogP contribution is -2.49. The van der Waals surface area contributed by atoms with E-state index in [0.717, 1.165) is 38.1 Å². The summed E-state index contributed by atoms with van der Waals surface area (Å²) in [5, 5.41) is 2.97. The van der Waals surface area contributed by atoms with Crippen LogP contribution in [0.3, 0.4) is 0 Å². The van der Waals surface area contributed by atoms with E-state index in [2.05, 4.69) is 29.3 Å². The maximum Gasteiger partial charge on any atom is 0.416 e. The normalized spacial score (nSPS) is 20.3. The Hall–Kier alpha value is -2.54. The standard InChI is InChI=1S/C22H25F3N2O2/c1-16-13-19(11-12-27(16)14-17-5-3-2-4-6-17)26-21(28)15-29-20-9-7-18(8-10-20)22(23,24)25/h2-10,16,19H,11-15H2,1H3,(H,26,28). The first-order valence-corrected chi connectivity index (χ1v) is 9.68. The Kier molecular flexibility index (Phi) is 6.79. The number of nitrogens with zero attached hydrogens (tertiary/aromatic N) is 1. The van der Waals surface area contributed by atoms with Crippen molar-refractivity contribution in [3.63, 3.8) is 0 Å². The topological polar surface area (TPSA) is 41.6 Å². The summed E-state index contributed by atoms with van der Waals surface area (Å²) in [7, 11) is 0. The highest BCUT2D eigenvalue weighted by atomic mass is 19.4. The average Bonchev–Trinajstić information content (AvgIpc) is 2.69. The van der Waals surface area contributed by atoms with Gasteiger partial charge in [0.2, 0.25) is 0 Å². The lowest BCUT2D eigenvalue weighted by Gasteiger charge is -2.38. The van der Waals surface area contributed by atoms with Gasteiger partial charge in [-0.05, 0) is 49.6 Å². The molecule has 1 saturated heterocycles. The summed E-state index contributed by atoms with van der Waals surface area (Å²) in [5.41, 5.74) is 0.525. The third-order valence-corrected chi connectivity index (χ3v) is 5.16. The third kappa shape index (κ3) is 6.22. The predicted molar refractivity (Wildman–Crippen MR) is 104 cm³/mol. The van der Waals surface area contributed by atoms with E-state index in [0.29, 0.717) is 6.04 Å². The van der Waals surface area contributed by atoms with E-state index >= 15 is 0 Å². The summed E-state index contributed by atoms with van der Waals surface area (Å²) in [6, 6.07) is 15.0. The van der Waals surface area contributed by atoms with Crippen LogP contribution in [0.1, 0.15) is 30.9 Å². The quantitative estimate of drug-likeness (QED) is 0.780. The molecule has 2 aromatic carbocycles. The molecule has 2 atom stereocenters. The van der Waals surface area contributed by atoms with Crippen LogP contribution in [-0.4, -0.2) is 36.0 Å². The lowest BCUT2D eigenvalue weighted by molar-refractivity contribution is -0.137. The minimum absolute atomic E-state index is 0.0701. The number of amides is 1. The van der Waals surface area contributed by atoms with Crippen molar-refractivity contribution in [1.82, 2.24) is 10.2 Å². The lowest BCUT2D eigenvalue weighted by atomic mass is 9.97. The van der Waals surface area contributed by atoms with Crippen LogP contribution in [0.25, 0.3) is 0 Å². The van der Waals surface area contributed by atoms with Crippen LogP contribution in [0, 0.1) is 0 Å². The van der Waals surface area contributed by atoms with Gasteiger partial charge in [0.05, 0.1) is 5.56 Å². The number of nitrogens with one attached hydrogen (secondary N) is 1. The number of hydrogen-bond donors (Lipinski definition) is 1. The molecule has 0 bridgehead atoms. The smallest absolute Gasteiger partial charge is 0.416 e. The fraction of sp³-hybridized carbons (Fsp3) is 0.409. The molecule has 1 fully saturated rings. The van der Waals surface area contributed by atoms with Crippen LogP contribution in [0.5, 0.6) is 5.75 Å². The van der Waals surface area contributed by atoms with E-state index in [1.807, 2.05) is 18.2 Å². The number of piperidine rings is 1. The molecule has 1 aliphatic rings. The number of likely N-dealkylation sites (tertiary alicyclic amines) is 1. The molecule has 4 nitrogen and oxygen atoms in total. The molecule has 29 heavy (non-hydrogen) atoms. The summed E-state index contributed by atoms with van der Waals surface area (Å²) in [6.07, 6.45) is -2.69. The summed E-state index contributed by atoms with van der Waals surface area (Å²) >= 11 is 0. The minimum atomic E-state index is -4.39. The van der Waals surface area contributed by atoms with Crippen LogP contribution in [0.2, 0.25) is 0 Å². The van der Waals surface area contributed by atoms with Crippen molar-refractivity contribution in [2.45, 2.75) is 44.6 Å². The van der Waals surface area contributed by atoms with Gasteiger partial charge in [0.25, 0.3) is 5.91 Å². The molecular weight excluding hydrogens is 381 g/mol. The SMILES string of the molecule is CC1CC(NC(=O)COc2ccc(C(F)(F)F)cc2)CCN1Cc1ccccc1. The molecule has 1 heterocycles. The molecule has 7 heteroatoms. The fourth-order valence-corrected chi connectivity index (χ4v) is 3.56. The largest absolute Gasteiger partial charge is 0.484 e. The fourth-order valence-electron chi connectivity index (χ4n) is 3.56. The number of carbonyl (C=O) groups is 1. The van der Waals surface area contributed by atoms with Crippen LogP contribution in [0.15, 0.2) is 54.6 Å². The first-order chi connectivity index (χ1) is 13.8. The highest BCUT2D eigenvalue weighted by Gasteiger charge is 2.30. The number of carbonyl (C=O) groups excluding carboxylic acids is 1. The zero-order valence-electron chi connectivity index (χ0n) is 16.3. The molecular formula is C22H25F3N2O2. The number of rotatable bonds is 6. The molecule has 0 radical (unpaired) electrons. The maximum absolute atomic E-state index is 12.6. The van der Waals surface area contributed by atoms with E-state index < -0.39 is 11.7 Å². The van der Waals surface area contributed by atoms with E-state index in [-0.39, 0.29) is 24.3 Å². The van der Waals surface area contributed by atoms with Crippen molar-refractivity contribution in [3.05, 3.63) is 65.7 Å². The van der Waals surface area contributed by atoms with Crippen molar-refractivity contribution < 1.29 is 22.7 Å². The monoisotopic (exact) mass is 406 g/mol. The zero-order valence-corrected chi connectivity index (χ0v) is 16.3. The highest BCUT2D eigenvalue weighted by Crippen LogP contribution is 2.30. The van der Waals surface area contributed by atoms with Crippen LogP contribution in [-0.2, 0) is 17.5 Å². The van der Waals surface area contributed by atoms with Gasteiger partial charge >= 0.3 is 6.18 Å². The molecule has 0 saturated carbocycles. The van der Waals surface area contributed by atoms with Gasteiger partial charge in [0, 0.05) is 25.2 Å². The van der Waals surface area contributed by atoms with Gasteiger partial charge in [-0.1, -0.05) is 30.3 Å². The number of hydrogen-bond acceptors (Lipinski definition) is 3. The van der Waals surface area contributed by atoms with Gasteiger partial charge in [-0.2, -0.15) is 13.2 Å².